The highest BCUT2D eigenvalue weighted by molar-refractivity contribution is 5.57. The second-order valence-corrected chi connectivity index (χ2v) is 4.84. The molecule has 1 heterocycles. The van der Waals surface area contributed by atoms with Crippen molar-refractivity contribution in [3.63, 3.8) is 0 Å². The largest absolute Gasteiger partial charge is 0.253 e. The summed E-state index contributed by atoms with van der Waals surface area (Å²) in [6.45, 7) is 1.89. The predicted molar refractivity (Wildman–Crippen MR) is 72.1 cm³/mol. The fourth-order valence-corrected chi connectivity index (χ4v) is 2.42. The topological polar surface area (TPSA) is 33.6 Å². The van der Waals surface area contributed by atoms with Gasteiger partial charge in [-0.3, -0.25) is 5.48 Å². The van der Waals surface area contributed by atoms with Crippen molar-refractivity contribution in [2.45, 2.75) is 25.0 Å². The van der Waals surface area contributed by atoms with Crippen LogP contribution >= 0.6 is 0 Å². The molecule has 3 rings (SSSR count). The zero-order valence-electron chi connectivity index (χ0n) is 10.6. The van der Waals surface area contributed by atoms with Crippen LogP contribution in [0.3, 0.4) is 0 Å². The average molecular weight is 258 g/mol. The van der Waals surface area contributed by atoms with Crippen molar-refractivity contribution in [1.29, 1.82) is 0 Å². The molecule has 0 amide bonds. The van der Waals surface area contributed by atoms with Crippen LogP contribution < -0.4 is 5.48 Å². The maximum atomic E-state index is 13.7. The van der Waals surface area contributed by atoms with Crippen molar-refractivity contribution >= 4 is 6.34 Å². The molecular weight excluding hydrogens is 243 g/mol. The van der Waals surface area contributed by atoms with E-state index in [9.17, 15) is 4.39 Å². The summed E-state index contributed by atoms with van der Waals surface area (Å²) in [5, 5.41) is 0. The molecule has 1 aliphatic heterocycles. The summed E-state index contributed by atoms with van der Waals surface area (Å²) in [6.07, 6.45) is 8.32. The summed E-state index contributed by atoms with van der Waals surface area (Å²) in [5.74, 6) is -0.0797. The minimum absolute atomic E-state index is 0.0758. The molecule has 0 saturated heterocycles. The second kappa shape index (κ2) is 4.63. The third-order valence-electron chi connectivity index (χ3n) is 3.56. The van der Waals surface area contributed by atoms with Crippen LogP contribution in [0.4, 0.5) is 4.39 Å². The Morgan fingerprint density at radius 3 is 2.89 bits per heavy atom. The monoisotopic (exact) mass is 258 g/mol. The van der Waals surface area contributed by atoms with E-state index in [1.54, 1.807) is 6.07 Å². The molecule has 4 heteroatoms. The molecule has 2 atom stereocenters. The standard InChI is InChI=1S/C15H15FN2O/c1-15(17-10-18-19-15)12-8-6-11(7-9-12)13-4-2-3-5-14(13)16/h2-6,8-11H,7H2,1H3,(H,17,18). The fourth-order valence-electron chi connectivity index (χ4n) is 2.42. The van der Waals surface area contributed by atoms with Crippen molar-refractivity contribution in [3.8, 4) is 0 Å². The first-order valence-corrected chi connectivity index (χ1v) is 6.29. The van der Waals surface area contributed by atoms with E-state index in [-0.39, 0.29) is 11.7 Å². The Bertz CT molecular complexity index is 579. The smallest absolute Gasteiger partial charge is 0.209 e. The predicted octanol–water partition coefficient (Wildman–Crippen LogP) is 3.07. The van der Waals surface area contributed by atoms with E-state index in [1.807, 2.05) is 31.2 Å². The van der Waals surface area contributed by atoms with Gasteiger partial charge in [0.15, 0.2) is 0 Å². The maximum Gasteiger partial charge on any atom is 0.209 e. The summed E-state index contributed by atoms with van der Waals surface area (Å²) in [6, 6.07) is 6.90. The quantitative estimate of drug-likeness (QED) is 0.884. The van der Waals surface area contributed by atoms with Gasteiger partial charge in [0, 0.05) is 11.5 Å². The molecule has 1 aromatic carbocycles. The highest BCUT2D eigenvalue weighted by Crippen LogP contribution is 2.34. The van der Waals surface area contributed by atoms with Crippen LogP contribution in [0.2, 0.25) is 0 Å². The first-order chi connectivity index (χ1) is 9.19. The number of allylic oxidation sites excluding steroid dienone is 2. The highest BCUT2D eigenvalue weighted by atomic mass is 19.1. The molecule has 0 spiro atoms. The van der Waals surface area contributed by atoms with Gasteiger partial charge in [-0.25, -0.2) is 14.2 Å². The molecule has 3 nitrogen and oxygen atoms in total. The third kappa shape index (κ3) is 2.19. The Hall–Kier alpha value is -1.94. The Morgan fingerprint density at radius 2 is 2.26 bits per heavy atom. The molecule has 0 fully saturated rings. The Kier molecular flexibility index (Phi) is 2.95. The SMILES string of the molecule is CC1(C2=CCC(c3ccccc3F)C=C2)N=CNO1. The molecule has 1 aliphatic carbocycles. The van der Waals surface area contributed by atoms with Crippen molar-refractivity contribution in [1.82, 2.24) is 5.48 Å². The van der Waals surface area contributed by atoms with Gasteiger partial charge in [-0.2, -0.15) is 0 Å². The van der Waals surface area contributed by atoms with Crippen molar-refractivity contribution in [2.75, 3.05) is 0 Å². The van der Waals surface area contributed by atoms with Gasteiger partial charge in [-0.1, -0.05) is 36.4 Å². The summed E-state index contributed by atoms with van der Waals surface area (Å²) in [4.78, 5) is 9.63. The van der Waals surface area contributed by atoms with Crippen molar-refractivity contribution in [2.24, 2.45) is 4.99 Å². The van der Waals surface area contributed by atoms with Gasteiger partial charge < -0.3 is 0 Å². The summed E-state index contributed by atoms with van der Waals surface area (Å²) >= 11 is 0. The molecule has 2 unspecified atom stereocenters. The van der Waals surface area contributed by atoms with E-state index < -0.39 is 5.72 Å². The number of halogens is 1. The van der Waals surface area contributed by atoms with Crippen LogP contribution in [0.15, 0.2) is 53.1 Å². The minimum atomic E-state index is -0.670. The fraction of sp³-hybridized carbons (Fsp3) is 0.267. The molecule has 0 aromatic heterocycles. The Morgan fingerprint density at radius 1 is 1.42 bits per heavy atom. The lowest BCUT2D eigenvalue weighted by Gasteiger charge is -2.24. The van der Waals surface area contributed by atoms with Crippen LogP contribution in [0.1, 0.15) is 24.8 Å². The number of benzene rings is 1. The maximum absolute atomic E-state index is 13.7. The third-order valence-corrected chi connectivity index (χ3v) is 3.56. The number of hydrogen-bond acceptors (Lipinski definition) is 3. The summed E-state index contributed by atoms with van der Waals surface area (Å²) < 4.78 is 13.7. The van der Waals surface area contributed by atoms with E-state index in [1.165, 1.54) is 12.4 Å². The van der Waals surface area contributed by atoms with Gasteiger partial charge in [0.05, 0.1) is 0 Å². The van der Waals surface area contributed by atoms with Crippen LogP contribution in [0.5, 0.6) is 0 Å². The lowest BCUT2D eigenvalue weighted by molar-refractivity contribution is -0.0113. The Labute approximate surface area is 111 Å². The van der Waals surface area contributed by atoms with Crippen LogP contribution in [-0.4, -0.2) is 12.1 Å². The molecule has 1 aromatic rings. The molecule has 0 bridgehead atoms. The van der Waals surface area contributed by atoms with Crippen LogP contribution in [0, 0.1) is 5.82 Å². The van der Waals surface area contributed by atoms with Gasteiger partial charge in [-0.05, 0) is 25.0 Å². The van der Waals surface area contributed by atoms with Gasteiger partial charge in [0.1, 0.15) is 12.2 Å². The van der Waals surface area contributed by atoms with E-state index in [2.05, 4.69) is 16.5 Å². The van der Waals surface area contributed by atoms with E-state index in [0.717, 1.165) is 17.6 Å². The van der Waals surface area contributed by atoms with Crippen LogP contribution in [-0.2, 0) is 4.84 Å². The van der Waals surface area contributed by atoms with E-state index >= 15 is 0 Å². The first kappa shape index (κ1) is 12.1. The number of hydrogen-bond donors (Lipinski definition) is 1. The number of rotatable bonds is 2. The zero-order chi connectivity index (χ0) is 13.3. The van der Waals surface area contributed by atoms with Gasteiger partial charge in [0.2, 0.25) is 5.72 Å². The summed E-state index contributed by atoms with van der Waals surface area (Å²) in [5.41, 5.74) is 3.68. The number of hydroxylamine groups is 1. The Balaban J connectivity index is 1.80. The minimum Gasteiger partial charge on any atom is -0.253 e. The molecule has 19 heavy (non-hydrogen) atoms. The molecule has 2 aliphatic rings. The molecular formula is C15H15FN2O. The van der Waals surface area contributed by atoms with E-state index in [4.69, 9.17) is 4.84 Å². The second-order valence-electron chi connectivity index (χ2n) is 4.84. The summed E-state index contributed by atoms with van der Waals surface area (Å²) in [7, 11) is 0. The zero-order valence-corrected chi connectivity index (χ0v) is 10.6. The molecule has 98 valence electrons. The van der Waals surface area contributed by atoms with Gasteiger partial charge in [0.25, 0.3) is 0 Å². The van der Waals surface area contributed by atoms with Crippen LogP contribution in [0.25, 0.3) is 0 Å². The van der Waals surface area contributed by atoms with Gasteiger partial charge in [-0.15, -0.1) is 0 Å². The molecule has 0 saturated carbocycles. The number of nitrogens with zero attached hydrogens (tertiary/aromatic N) is 1. The van der Waals surface area contributed by atoms with Crippen molar-refractivity contribution < 1.29 is 9.23 Å². The normalized spacial score (nSPS) is 29.2. The first-order valence-electron chi connectivity index (χ1n) is 6.29. The lowest BCUT2D eigenvalue weighted by atomic mass is 9.87. The average Bonchev–Trinajstić information content (AvgIpc) is 2.88. The van der Waals surface area contributed by atoms with E-state index in [0.29, 0.717) is 0 Å². The molecule has 1 N–H and O–H groups in total. The highest BCUT2D eigenvalue weighted by Gasteiger charge is 2.32. The molecule has 0 radical (unpaired) electrons. The lowest BCUT2D eigenvalue weighted by Crippen LogP contribution is -2.28. The van der Waals surface area contributed by atoms with Gasteiger partial charge >= 0.3 is 0 Å². The van der Waals surface area contributed by atoms with Crippen molar-refractivity contribution in [3.05, 3.63) is 59.4 Å². The number of aliphatic imine (C=N–C) groups is 1. The number of nitrogens with one attached hydrogen (secondary N) is 1.